The number of fused-ring (bicyclic) bond motifs is 1. The van der Waals surface area contributed by atoms with Crippen molar-refractivity contribution in [3.05, 3.63) is 71.9 Å². The topological polar surface area (TPSA) is 19.0 Å². The lowest BCUT2D eigenvalue weighted by atomic mass is 10.0. The van der Waals surface area contributed by atoms with Crippen LogP contribution >= 0.6 is 0 Å². The number of aromatic amines is 1. The van der Waals surface area contributed by atoms with Gasteiger partial charge >= 0.3 is 0 Å². The van der Waals surface area contributed by atoms with Crippen molar-refractivity contribution in [2.45, 2.75) is 25.4 Å². The first-order valence-electron chi connectivity index (χ1n) is 7.75. The third-order valence-electron chi connectivity index (χ3n) is 4.55. The summed E-state index contributed by atoms with van der Waals surface area (Å²) in [6, 6.07) is 20.4. The molecule has 2 heteroatoms. The molecular weight excluding hydrogens is 256 g/mol. The highest BCUT2D eigenvalue weighted by Gasteiger charge is 2.25. The Kier molecular flexibility index (Phi) is 3.24. The van der Waals surface area contributed by atoms with Gasteiger partial charge in [-0.15, -0.1) is 0 Å². The van der Waals surface area contributed by atoms with E-state index in [-0.39, 0.29) is 0 Å². The van der Waals surface area contributed by atoms with Crippen LogP contribution in [0.1, 0.15) is 30.0 Å². The highest BCUT2D eigenvalue weighted by Crippen LogP contribution is 2.34. The number of nitrogens with zero attached hydrogens (tertiary/aromatic N) is 1. The summed E-state index contributed by atoms with van der Waals surface area (Å²) < 4.78 is 0. The minimum atomic E-state index is 0.560. The summed E-state index contributed by atoms with van der Waals surface area (Å²) in [5, 5.41) is 1.32. The van der Waals surface area contributed by atoms with Gasteiger partial charge in [0.15, 0.2) is 0 Å². The summed E-state index contributed by atoms with van der Waals surface area (Å²) in [5.74, 6) is 0. The highest BCUT2D eigenvalue weighted by atomic mass is 15.2. The second-order valence-corrected chi connectivity index (χ2v) is 5.94. The van der Waals surface area contributed by atoms with Crippen molar-refractivity contribution in [2.24, 2.45) is 0 Å². The average molecular weight is 276 g/mol. The first kappa shape index (κ1) is 12.7. The van der Waals surface area contributed by atoms with Crippen LogP contribution < -0.4 is 0 Å². The molecule has 1 saturated heterocycles. The van der Waals surface area contributed by atoms with Gasteiger partial charge in [-0.25, -0.2) is 0 Å². The molecule has 0 radical (unpaired) electrons. The third-order valence-corrected chi connectivity index (χ3v) is 4.55. The zero-order valence-corrected chi connectivity index (χ0v) is 12.1. The molecule has 0 spiro atoms. The fraction of sp³-hybridized carbons (Fsp3) is 0.263. The first-order chi connectivity index (χ1) is 10.4. The van der Waals surface area contributed by atoms with Crippen LogP contribution in [-0.2, 0) is 6.54 Å². The molecule has 2 aromatic carbocycles. The van der Waals surface area contributed by atoms with E-state index in [9.17, 15) is 0 Å². The molecule has 4 rings (SSSR count). The lowest BCUT2D eigenvalue weighted by Crippen LogP contribution is -2.22. The van der Waals surface area contributed by atoms with Crippen LogP contribution in [0.2, 0.25) is 0 Å². The summed E-state index contributed by atoms with van der Waals surface area (Å²) >= 11 is 0. The molecule has 1 aliphatic heterocycles. The van der Waals surface area contributed by atoms with Crippen molar-refractivity contribution >= 4 is 10.9 Å². The zero-order chi connectivity index (χ0) is 14.1. The second kappa shape index (κ2) is 5.38. The van der Waals surface area contributed by atoms with Gasteiger partial charge in [-0.2, -0.15) is 0 Å². The number of benzene rings is 2. The second-order valence-electron chi connectivity index (χ2n) is 5.94. The fourth-order valence-electron chi connectivity index (χ4n) is 3.49. The van der Waals surface area contributed by atoms with Crippen molar-refractivity contribution in [3.8, 4) is 0 Å². The SMILES string of the molecule is c1ccc(CN2CCCC2c2ccc3[nH]ccc3c2)cc1. The molecule has 2 nitrogen and oxygen atoms in total. The summed E-state index contributed by atoms with van der Waals surface area (Å²) in [6.45, 7) is 2.25. The average Bonchev–Trinajstić information content (AvgIpc) is 3.16. The van der Waals surface area contributed by atoms with Gasteiger partial charge in [-0.05, 0) is 54.1 Å². The summed E-state index contributed by atoms with van der Waals surface area (Å²) in [4.78, 5) is 5.89. The van der Waals surface area contributed by atoms with Crippen LogP contribution in [0.5, 0.6) is 0 Å². The van der Waals surface area contributed by atoms with Gasteiger partial charge in [0.2, 0.25) is 0 Å². The van der Waals surface area contributed by atoms with Crippen LogP contribution in [0.15, 0.2) is 60.8 Å². The number of aromatic nitrogens is 1. The quantitative estimate of drug-likeness (QED) is 0.746. The number of rotatable bonds is 3. The molecular formula is C19H20N2. The third kappa shape index (κ3) is 2.47. The van der Waals surface area contributed by atoms with E-state index in [1.54, 1.807) is 0 Å². The Morgan fingerprint density at radius 2 is 1.95 bits per heavy atom. The van der Waals surface area contributed by atoms with Gasteiger partial charge in [-0.3, -0.25) is 4.90 Å². The van der Waals surface area contributed by atoms with E-state index in [2.05, 4.69) is 64.5 Å². The van der Waals surface area contributed by atoms with Gasteiger partial charge in [0.25, 0.3) is 0 Å². The molecule has 1 fully saturated rings. The van der Waals surface area contributed by atoms with Gasteiger partial charge in [0.1, 0.15) is 0 Å². The van der Waals surface area contributed by atoms with Gasteiger partial charge < -0.3 is 4.98 Å². The predicted molar refractivity (Wildman–Crippen MR) is 87.1 cm³/mol. The molecule has 0 amide bonds. The van der Waals surface area contributed by atoms with Gasteiger partial charge in [-0.1, -0.05) is 36.4 Å². The molecule has 106 valence electrons. The molecule has 3 aromatic rings. The van der Waals surface area contributed by atoms with E-state index >= 15 is 0 Å². The van der Waals surface area contributed by atoms with Crippen molar-refractivity contribution in [1.82, 2.24) is 9.88 Å². The molecule has 1 N–H and O–H groups in total. The zero-order valence-electron chi connectivity index (χ0n) is 12.1. The number of hydrogen-bond acceptors (Lipinski definition) is 1. The van der Waals surface area contributed by atoms with Crippen LogP contribution in [-0.4, -0.2) is 16.4 Å². The Bertz CT molecular complexity index is 729. The van der Waals surface area contributed by atoms with Crippen LogP contribution in [0.3, 0.4) is 0 Å². The Hall–Kier alpha value is -2.06. The molecule has 1 aromatic heterocycles. The first-order valence-corrected chi connectivity index (χ1v) is 7.75. The summed E-state index contributed by atoms with van der Waals surface area (Å²) in [5.41, 5.74) is 4.09. The molecule has 0 aliphatic carbocycles. The maximum absolute atomic E-state index is 3.27. The number of nitrogens with one attached hydrogen (secondary N) is 1. The van der Waals surface area contributed by atoms with Crippen LogP contribution in [0.4, 0.5) is 0 Å². The smallest absolute Gasteiger partial charge is 0.0454 e. The maximum Gasteiger partial charge on any atom is 0.0454 e. The van der Waals surface area contributed by atoms with Gasteiger partial charge in [0.05, 0.1) is 0 Å². The molecule has 1 unspecified atom stereocenters. The van der Waals surface area contributed by atoms with E-state index < -0.39 is 0 Å². The normalized spacial score (nSPS) is 19.3. The molecule has 1 aliphatic rings. The van der Waals surface area contributed by atoms with Gasteiger partial charge in [0, 0.05) is 24.3 Å². The lowest BCUT2D eigenvalue weighted by Gasteiger charge is -2.25. The standard InChI is InChI=1S/C19H20N2/c1-2-5-15(6-3-1)14-21-12-4-7-19(21)17-8-9-18-16(13-17)10-11-20-18/h1-3,5-6,8-11,13,19-20H,4,7,12,14H2. The number of hydrogen-bond donors (Lipinski definition) is 1. The lowest BCUT2D eigenvalue weighted by molar-refractivity contribution is 0.248. The minimum Gasteiger partial charge on any atom is -0.361 e. The van der Waals surface area contributed by atoms with Crippen molar-refractivity contribution in [1.29, 1.82) is 0 Å². The van der Waals surface area contributed by atoms with Crippen molar-refractivity contribution in [3.63, 3.8) is 0 Å². The monoisotopic (exact) mass is 276 g/mol. The minimum absolute atomic E-state index is 0.560. The number of H-pyrrole nitrogens is 1. The van der Waals surface area contributed by atoms with E-state index in [0.29, 0.717) is 6.04 Å². The van der Waals surface area contributed by atoms with E-state index in [4.69, 9.17) is 0 Å². The van der Waals surface area contributed by atoms with E-state index in [1.165, 1.54) is 41.4 Å². The van der Waals surface area contributed by atoms with Crippen molar-refractivity contribution < 1.29 is 0 Å². The Balaban J connectivity index is 1.60. The molecule has 0 bridgehead atoms. The molecule has 2 heterocycles. The Morgan fingerprint density at radius 3 is 2.86 bits per heavy atom. The molecule has 21 heavy (non-hydrogen) atoms. The molecule has 1 atom stereocenters. The summed E-state index contributed by atoms with van der Waals surface area (Å²) in [6.07, 6.45) is 4.58. The van der Waals surface area contributed by atoms with E-state index in [1.807, 2.05) is 6.20 Å². The summed E-state index contributed by atoms with van der Waals surface area (Å²) in [7, 11) is 0. The largest absolute Gasteiger partial charge is 0.361 e. The predicted octanol–water partition coefficient (Wildman–Crippen LogP) is 4.51. The maximum atomic E-state index is 3.27. The Morgan fingerprint density at radius 1 is 1.05 bits per heavy atom. The van der Waals surface area contributed by atoms with Crippen LogP contribution in [0, 0.1) is 0 Å². The van der Waals surface area contributed by atoms with Crippen molar-refractivity contribution in [2.75, 3.05) is 6.54 Å². The number of likely N-dealkylation sites (tertiary alicyclic amines) is 1. The molecule has 0 saturated carbocycles. The van der Waals surface area contributed by atoms with Crippen LogP contribution in [0.25, 0.3) is 10.9 Å². The van der Waals surface area contributed by atoms with E-state index in [0.717, 1.165) is 6.54 Å². The Labute approximate surface area is 125 Å². The highest BCUT2D eigenvalue weighted by molar-refractivity contribution is 5.80. The fourth-order valence-corrected chi connectivity index (χ4v) is 3.49.